The zero-order chi connectivity index (χ0) is 18.6. The molecule has 7 heteroatoms. The van der Waals surface area contributed by atoms with E-state index in [2.05, 4.69) is 5.32 Å². The maximum absolute atomic E-state index is 13.8. The lowest BCUT2D eigenvalue weighted by Gasteiger charge is -2.33. The van der Waals surface area contributed by atoms with Gasteiger partial charge in [0.2, 0.25) is 5.91 Å². The maximum atomic E-state index is 13.8. The summed E-state index contributed by atoms with van der Waals surface area (Å²) in [7, 11) is 0. The van der Waals surface area contributed by atoms with Crippen molar-refractivity contribution < 1.29 is 18.7 Å². The molecular formula is C18H24ClFN2O3. The van der Waals surface area contributed by atoms with Crippen LogP contribution in [0.3, 0.4) is 0 Å². The molecule has 0 bridgehead atoms. The Labute approximate surface area is 152 Å². The quantitative estimate of drug-likeness (QED) is 0.881. The van der Waals surface area contributed by atoms with Crippen molar-refractivity contribution in [2.75, 3.05) is 13.1 Å². The fourth-order valence-corrected chi connectivity index (χ4v) is 2.93. The third-order valence-electron chi connectivity index (χ3n) is 3.94. The van der Waals surface area contributed by atoms with Gasteiger partial charge in [-0.25, -0.2) is 9.18 Å². The van der Waals surface area contributed by atoms with Crippen LogP contribution < -0.4 is 5.32 Å². The number of benzene rings is 1. The highest BCUT2D eigenvalue weighted by Gasteiger charge is 2.31. The number of halogens is 2. The minimum absolute atomic E-state index is 0.0211. The molecule has 138 valence electrons. The molecule has 0 aliphatic carbocycles. The molecule has 1 atom stereocenters. The van der Waals surface area contributed by atoms with Gasteiger partial charge in [0, 0.05) is 30.2 Å². The number of ether oxygens (including phenoxy) is 1. The third kappa shape index (κ3) is 5.59. The first-order valence-electron chi connectivity index (χ1n) is 8.36. The van der Waals surface area contributed by atoms with E-state index in [1.54, 1.807) is 31.7 Å². The van der Waals surface area contributed by atoms with Crippen LogP contribution in [0.4, 0.5) is 9.18 Å². The van der Waals surface area contributed by atoms with E-state index in [4.69, 9.17) is 16.3 Å². The van der Waals surface area contributed by atoms with Gasteiger partial charge in [-0.15, -0.1) is 0 Å². The van der Waals surface area contributed by atoms with Crippen LogP contribution in [-0.4, -0.2) is 35.6 Å². The summed E-state index contributed by atoms with van der Waals surface area (Å²) in [6.45, 7) is 6.29. The average molecular weight is 371 g/mol. The Bertz CT molecular complexity index is 625. The van der Waals surface area contributed by atoms with E-state index in [9.17, 15) is 14.0 Å². The van der Waals surface area contributed by atoms with Gasteiger partial charge in [0.25, 0.3) is 0 Å². The van der Waals surface area contributed by atoms with Crippen molar-refractivity contribution in [3.05, 3.63) is 34.6 Å². The highest BCUT2D eigenvalue weighted by atomic mass is 35.5. The summed E-state index contributed by atoms with van der Waals surface area (Å²) in [5.74, 6) is -1.01. The molecule has 1 fully saturated rings. The van der Waals surface area contributed by atoms with E-state index >= 15 is 0 Å². The van der Waals surface area contributed by atoms with Crippen molar-refractivity contribution in [2.45, 2.75) is 45.8 Å². The standard InChI is InChI=1S/C18H24ClFN2O3/c1-18(2,3)25-17(24)22-9-5-6-12(11-22)16(23)21-10-13-14(19)7-4-8-15(13)20/h4,7-8,12H,5-6,9-11H2,1-3H3,(H,21,23)/t12-/m1/s1. The van der Waals surface area contributed by atoms with E-state index in [1.165, 1.54) is 12.1 Å². The lowest BCUT2D eigenvalue weighted by atomic mass is 9.97. The summed E-state index contributed by atoms with van der Waals surface area (Å²) in [4.78, 5) is 26.1. The van der Waals surface area contributed by atoms with Crippen molar-refractivity contribution >= 4 is 23.6 Å². The van der Waals surface area contributed by atoms with Gasteiger partial charge in [0.05, 0.1) is 5.92 Å². The molecule has 1 N–H and O–H groups in total. The molecule has 5 nitrogen and oxygen atoms in total. The van der Waals surface area contributed by atoms with Gasteiger partial charge in [-0.3, -0.25) is 4.79 Å². The van der Waals surface area contributed by atoms with Gasteiger partial charge in [-0.1, -0.05) is 17.7 Å². The summed E-state index contributed by atoms with van der Waals surface area (Å²) < 4.78 is 19.1. The number of carbonyl (C=O) groups excluding carboxylic acids is 2. The molecule has 1 saturated heterocycles. The molecule has 25 heavy (non-hydrogen) atoms. The summed E-state index contributed by atoms with van der Waals surface area (Å²) in [5.41, 5.74) is -0.314. The number of hydrogen-bond donors (Lipinski definition) is 1. The second-order valence-electron chi connectivity index (χ2n) is 7.18. The minimum Gasteiger partial charge on any atom is -0.444 e. The first-order valence-corrected chi connectivity index (χ1v) is 8.73. The number of piperidine rings is 1. The molecular weight excluding hydrogens is 347 g/mol. The number of nitrogens with zero attached hydrogens (tertiary/aromatic N) is 1. The Morgan fingerprint density at radius 3 is 2.76 bits per heavy atom. The van der Waals surface area contributed by atoms with Gasteiger partial charge in [-0.05, 0) is 45.7 Å². The Balaban J connectivity index is 1.92. The molecule has 0 aromatic heterocycles. The van der Waals surface area contributed by atoms with E-state index in [0.717, 1.165) is 6.42 Å². The Hall–Kier alpha value is -1.82. The molecule has 1 aliphatic heterocycles. The van der Waals surface area contributed by atoms with Crippen molar-refractivity contribution in [1.29, 1.82) is 0 Å². The van der Waals surface area contributed by atoms with Crippen molar-refractivity contribution in [2.24, 2.45) is 5.92 Å². The van der Waals surface area contributed by atoms with Gasteiger partial charge < -0.3 is 15.0 Å². The molecule has 1 aromatic rings. The van der Waals surface area contributed by atoms with Crippen LogP contribution in [0.15, 0.2) is 18.2 Å². The zero-order valence-electron chi connectivity index (χ0n) is 14.8. The molecule has 1 heterocycles. The molecule has 2 rings (SSSR count). The van der Waals surface area contributed by atoms with Crippen LogP contribution in [0.2, 0.25) is 5.02 Å². The van der Waals surface area contributed by atoms with Crippen LogP contribution >= 0.6 is 11.6 Å². The predicted octanol–water partition coefficient (Wildman–Crippen LogP) is 3.74. The largest absolute Gasteiger partial charge is 0.444 e. The highest BCUT2D eigenvalue weighted by Crippen LogP contribution is 2.21. The number of carbonyl (C=O) groups is 2. The van der Waals surface area contributed by atoms with Crippen molar-refractivity contribution in [3.63, 3.8) is 0 Å². The molecule has 0 saturated carbocycles. The molecule has 0 spiro atoms. The normalized spacial score (nSPS) is 18.0. The van der Waals surface area contributed by atoms with Crippen LogP contribution in [0.1, 0.15) is 39.2 Å². The summed E-state index contributed by atoms with van der Waals surface area (Å²) >= 11 is 5.96. The molecule has 2 amide bonds. The number of nitrogens with one attached hydrogen (secondary N) is 1. The SMILES string of the molecule is CC(C)(C)OC(=O)N1CCC[C@@H](C(=O)NCc2c(F)cccc2Cl)C1. The Morgan fingerprint density at radius 2 is 2.12 bits per heavy atom. The van der Waals surface area contributed by atoms with Crippen LogP contribution in [0, 0.1) is 11.7 Å². The number of likely N-dealkylation sites (tertiary alicyclic amines) is 1. The summed E-state index contributed by atoms with van der Waals surface area (Å²) in [6.07, 6.45) is 0.982. The summed E-state index contributed by atoms with van der Waals surface area (Å²) in [6, 6.07) is 4.40. The van der Waals surface area contributed by atoms with Gasteiger partial charge in [-0.2, -0.15) is 0 Å². The van der Waals surface area contributed by atoms with Crippen molar-refractivity contribution in [1.82, 2.24) is 10.2 Å². The Morgan fingerprint density at radius 1 is 1.40 bits per heavy atom. The second-order valence-corrected chi connectivity index (χ2v) is 7.59. The fraction of sp³-hybridized carbons (Fsp3) is 0.556. The monoisotopic (exact) mass is 370 g/mol. The van der Waals surface area contributed by atoms with E-state index < -0.39 is 17.5 Å². The minimum atomic E-state index is -0.576. The molecule has 0 radical (unpaired) electrons. The van der Waals surface area contributed by atoms with Gasteiger partial charge >= 0.3 is 6.09 Å². The number of rotatable bonds is 3. The smallest absolute Gasteiger partial charge is 0.410 e. The maximum Gasteiger partial charge on any atom is 0.410 e. The first-order chi connectivity index (χ1) is 11.7. The molecule has 1 aliphatic rings. The molecule has 0 unspecified atom stereocenters. The Kier molecular flexibility index (Phi) is 6.27. The topological polar surface area (TPSA) is 58.6 Å². The fourth-order valence-electron chi connectivity index (χ4n) is 2.70. The lowest BCUT2D eigenvalue weighted by molar-refractivity contribution is -0.126. The van der Waals surface area contributed by atoms with Crippen molar-refractivity contribution in [3.8, 4) is 0 Å². The average Bonchev–Trinajstić information content (AvgIpc) is 2.52. The van der Waals surface area contributed by atoms with E-state index in [-0.39, 0.29) is 29.0 Å². The number of amides is 2. The zero-order valence-corrected chi connectivity index (χ0v) is 15.5. The number of hydrogen-bond acceptors (Lipinski definition) is 3. The van der Waals surface area contributed by atoms with E-state index in [1.807, 2.05) is 0 Å². The second kappa shape index (κ2) is 8.04. The van der Waals surface area contributed by atoms with Crippen LogP contribution in [0.25, 0.3) is 0 Å². The highest BCUT2D eigenvalue weighted by molar-refractivity contribution is 6.31. The first kappa shape index (κ1) is 19.5. The van der Waals surface area contributed by atoms with Gasteiger partial charge in [0.1, 0.15) is 11.4 Å². The lowest BCUT2D eigenvalue weighted by Crippen LogP contribution is -2.47. The van der Waals surface area contributed by atoms with Gasteiger partial charge in [0.15, 0.2) is 0 Å². The molecule has 1 aromatic carbocycles. The summed E-state index contributed by atoms with van der Waals surface area (Å²) in [5, 5.41) is 2.99. The third-order valence-corrected chi connectivity index (χ3v) is 4.30. The predicted molar refractivity (Wildman–Crippen MR) is 93.8 cm³/mol. The van der Waals surface area contributed by atoms with E-state index in [0.29, 0.717) is 19.5 Å². The van der Waals surface area contributed by atoms with Crippen LogP contribution in [-0.2, 0) is 16.1 Å². The van der Waals surface area contributed by atoms with Crippen LogP contribution in [0.5, 0.6) is 0 Å².